The normalized spacial score (nSPS) is 10.5. The molecule has 19 heavy (non-hydrogen) atoms. The molecule has 0 unspecified atom stereocenters. The first-order valence-electron chi connectivity index (χ1n) is 5.37. The zero-order chi connectivity index (χ0) is 14.0. The van der Waals surface area contributed by atoms with Gasteiger partial charge in [0, 0.05) is 19.8 Å². The van der Waals surface area contributed by atoms with Crippen molar-refractivity contribution >= 4 is 39.0 Å². The fraction of sp³-hybridized carbons (Fsp3) is 0.167. The molecule has 7 heteroatoms. The van der Waals surface area contributed by atoms with E-state index >= 15 is 0 Å². The summed E-state index contributed by atoms with van der Waals surface area (Å²) in [5.41, 5.74) is 6.27. The topological polar surface area (TPSA) is 59.2 Å². The Bertz CT molecular complexity index is 617. The monoisotopic (exact) mass is 343 g/mol. The third-order valence-corrected chi connectivity index (χ3v) is 4.09. The fourth-order valence-corrected chi connectivity index (χ4v) is 2.81. The summed E-state index contributed by atoms with van der Waals surface area (Å²) in [4.78, 5) is 17.2. The summed E-state index contributed by atoms with van der Waals surface area (Å²) in [6.45, 7) is 0.405. The molecule has 0 atom stereocenters. The Morgan fingerprint density at radius 1 is 1.63 bits per heavy atom. The number of carbonyl (C=O) groups excluding carboxylic acids is 1. The number of aromatic nitrogens is 1. The molecule has 0 aliphatic carbocycles. The summed E-state index contributed by atoms with van der Waals surface area (Å²) in [5.74, 6) is -1.46. The van der Waals surface area contributed by atoms with Gasteiger partial charge in [-0.05, 0) is 39.0 Å². The zero-order valence-electron chi connectivity index (χ0n) is 10.1. The number of carbonyl (C=O) groups is 1. The molecule has 0 saturated carbocycles. The van der Waals surface area contributed by atoms with E-state index in [9.17, 15) is 9.18 Å². The third-order valence-electron chi connectivity index (χ3n) is 2.53. The molecular weight excluding hydrogens is 333 g/mol. The van der Waals surface area contributed by atoms with E-state index < -0.39 is 11.7 Å². The van der Waals surface area contributed by atoms with Gasteiger partial charge in [0.1, 0.15) is 0 Å². The minimum atomic E-state index is -0.772. The minimum Gasteiger partial charge on any atom is -0.381 e. The molecular formula is C12H11BrFN3OS. The van der Waals surface area contributed by atoms with Gasteiger partial charge in [0.25, 0.3) is 5.91 Å². The quantitative estimate of drug-likeness (QED) is 0.931. The molecule has 0 bridgehead atoms. The van der Waals surface area contributed by atoms with Gasteiger partial charge < -0.3 is 10.6 Å². The van der Waals surface area contributed by atoms with Crippen molar-refractivity contribution in [2.75, 3.05) is 12.8 Å². The lowest BCUT2D eigenvalue weighted by Crippen LogP contribution is -2.27. The van der Waals surface area contributed by atoms with Crippen LogP contribution in [0.5, 0.6) is 0 Å². The number of thiophene rings is 1. The summed E-state index contributed by atoms with van der Waals surface area (Å²) in [7, 11) is 1.62. The van der Waals surface area contributed by atoms with Crippen LogP contribution in [0, 0.1) is 5.82 Å². The molecule has 0 aliphatic heterocycles. The van der Waals surface area contributed by atoms with E-state index in [1.807, 2.05) is 11.4 Å². The van der Waals surface area contributed by atoms with E-state index in [-0.39, 0.29) is 11.4 Å². The Morgan fingerprint density at radius 2 is 2.37 bits per heavy atom. The summed E-state index contributed by atoms with van der Waals surface area (Å²) in [5, 5.41) is 1.94. The molecule has 0 spiro atoms. The van der Waals surface area contributed by atoms with Crippen molar-refractivity contribution in [1.82, 2.24) is 9.88 Å². The third kappa shape index (κ3) is 3.10. The van der Waals surface area contributed by atoms with Gasteiger partial charge in [-0.2, -0.15) is 0 Å². The first-order chi connectivity index (χ1) is 8.99. The molecule has 2 aromatic heterocycles. The molecule has 2 rings (SSSR count). The molecule has 0 radical (unpaired) electrons. The molecule has 0 saturated heterocycles. The van der Waals surface area contributed by atoms with Crippen molar-refractivity contribution in [3.05, 3.63) is 44.4 Å². The van der Waals surface area contributed by atoms with Gasteiger partial charge in [-0.15, -0.1) is 11.3 Å². The van der Waals surface area contributed by atoms with Crippen LogP contribution < -0.4 is 5.73 Å². The smallest absolute Gasteiger partial charge is 0.257 e. The van der Waals surface area contributed by atoms with Crippen molar-refractivity contribution in [3.8, 4) is 0 Å². The number of nitrogens with two attached hydrogens (primary N) is 1. The lowest BCUT2D eigenvalue weighted by Gasteiger charge is -2.17. The van der Waals surface area contributed by atoms with Crippen molar-refractivity contribution in [3.63, 3.8) is 0 Å². The van der Waals surface area contributed by atoms with Crippen LogP contribution in [0.1, 0.15) is 15.9 Å². The van der Waals surface area contributed by atoms with Crippen LogP contribution >= 0.6 is 27.3 Å². The Labute approximate surface area is 122 Å². The van der Waals surface area contributed by atoms with E-state index in [0.29, 0.717) is 6.54 Å². The van der Waals surface area contributed by atoms with E-state index in [0.717, 1.165) is 9.35 Å². The maximum atomic E-state index is 13.7. The van der Waals surface area contributed by atoms with Crippen LogP contribution in [0.2, 0.25) is 0 Å². The number of pyridine rings is 1. The average molecular weight is 344 g/mol. The van der Waals surface area contributed by atoms with Crippen LogP contribution in [-0.4, -0.2) is 22.8 Å². The van der Waals surface area contributed by atoms with Crippen LogP contribution in [0.4, 0.5) is 10.2 Å². The average Bonchev–Trinajstić information content (AvgIpc) is 2.77. The lowest BCUT2D eigenvalue weighted by molar-refractivity contribution is 0.0780. The van der Waals surface area contributed by atoms with E-state index in [1.165, 1.54) is 28.5 Å². The minimum absolute atomic E-state index is 0.0655. The van der Waals surface area contributed by atoms with Crippen LogP contribution in [0.3, 0.4) is 0 Å². The van der Waals surface area contributed by atoms with Crippen molar-refractivity contribution < 1.29 is 9.18 Å². The van der Waals surface area contributed by atoms with Crippen LogP contribution in [-0.2, 0) is 6.54 Å². The van der Waals surface area contributed by atoms with Gasteiger partial charge in [0.05, 0.1) is 9.35 Å². The second-order valence-electron chi connectivity index (χ2n) is 3.98. The highest BCUT2D eigenvalue weighted by Crippen LogP contribution is 2.22. The van der Waals surface area contributed by atoms with E-state index in [2.05, 4.69) is 20.9 Å². The van der Waals surface area contributed by atoms with Gasteiger partial charge in [-0.3, -0.25) is 4.79 Å². The highest BCUT2D eigenvalue weighted by Gasteiger charge is 2.18. The number of nitrogens with zero attached hydrogens (tertiary/aromatic N) is 2. The standard InChI is InChI=1S/C12H11BrFN3OS/c1-17(5-7-4-9(13)19-6-7)12(18)8-2-3-16-11(15)10(8)14/h2-4,6H,5H2,1H3,(H2,15,16). The number of nitrogen functional groups attached to an aromatic ring is 1. The lowest BCUT2D eigenvalue weighted by atomic mass is 10.2. The SMILES string of the molecule is CN(Cc1csc(Br)c1)C(=O)c1ccnc(N)c1F. The summed E-state index contributed by atoms with van der Waals surface area (Å²) >= 11 is 4.89. The molecule has 2 heterocycles. The van der Waals surface area contributed by atoms with E-state index in [4.69, 9.17) is 5.73 Å². The predicted molar refractivity (Wildman–Crippen MR) is 76.4 cm³/mol. The number of rotatable bonds is 3. The number of anilines is 1. The maximum absolute atomic E-state index is 13.7. The summed E-state index contributed by atoms with van der Waals surface area (Å²) < 4.78 is 14.7. The van der Waals surface area contributed by atoms with E-state index in [1.54, 1.807) is 7.05 Å². The van der Waals surface area contributed by atoms with Crippen molar-refractivity contribution in [2.45, 2.75) is 6.54 Å². The Balaban J connectivity index is 2.17. The van der Waals surface area contributed by atoms with Crippen molar-refractivity contribution in [1.29, 1.82) is 0 Å². The zero-order valence-corrected chi connectivity index (χ0v) is 12.5. The van der Waals surface area contributed by atoms with Gasteiger partial charge >= 0.3 is 0 Å². The largest absolute Gasteiger partial charge is 0.381 e. The highest BCUT2D eigenvalue weighted by atomic mass is 79.9. The van der Waals surface area contributed by atoms with Gasteiger partial charge in [-0.1, -0.05) is 0 Å². The number of amides is 1. The number of hydrogen-bond donors (Lipinski definition) is 1. The number of halogens is 2. The second-order valence-corrected chi connectivity index (χ2v) is 6.27. The predicted octanol–water partition coefficient (Wildman–Crippen LogP) is 2.90. The number of hydrogen-bond acceptors (Lipinski definition) is 4. The molecule has 0 aromatic carbocycles. The van der Waals surface area contributed by atoms with Crippen molar-refractivity contribution in [2.24, 2.45) is 0 Å². The second kappa shape index (κ2) is 5.66. The molecule has 1 amide bonds. The molecule has 2 aromatic rings. The Hall–Kier alpha value is -1.47. The van der Waals surface area contributed by atoms with Gasteiger partial charge in [0.15, 0.2) is 11.6 Å². The fourth-order valence-electron chi connectivity index (χ4n) is 1.61. The first-order valence-corrected chi connectivity index (χ1v) is 7.04. The molecule has 0 fully saturated rings. The van der Waals surface area contributed by atoms with Crippen LogP contribution in [0.25, 0.3) is 0 Å². The molecule has 4 nitrogen and oxygen atoms in total. The Kier molecular flexibility index (Phi) is 4.16. The first kappa shape index (κ1) is 14.0. The molecule has 0 aliphatic rings. The molecule has 100 valence electrons. The van der Waals surface area contributed by atoms with Crippen LogP contribution in [0.15, 0.2) is 27.5 Å². The summed E-state index contributed by atoms with van der Waals surface area (Å²) in [6.07, 6.45) is 1.32. The van der Waals surface area contributed by atoms with Gasteiger partial charge in [0.2, 0.25) is 0 Å². The maximum Gasteiger partial charge on any atom is 0.257 e. The summed E-state index contributed by atoms with van der Waals surface area (Å²) in [6, 6.07) is 3.25. The van der Waals surface area contributed by atoms with Gasteiger partial charge in [-0.25, -0.2) is 9.37 Å². The Morgan fingerprint density at radius 3 is 3.00 bits per heavy atom. The molecule has 2 N–H and O–H groups in total. The highest BCUT2D eigenvalue weighted by molar-refractivity contribution is 9.11.